The average Bonchev–Trinajstić information content (AvgIpc) is 2.47. The van der Waals surface area contributed by atoms with Crippen molar-refractivity contribution in [2.45, 2.75) is 6.92 Å². The third-order valence-electron chi connectivity index (χ3n) is 3.90. The Morgan fingerprint density at radius 3 is 2.19 bits per heavy atom. The van der Waals surface area contributed by atoms with Gasteiger partial charge in [0, 0.05) is 21.8 Å². The number of aryl methyl sites for hydroxylation is 1. The molecule has 0 aliphatic carbocycles. The quantitative estimate of drug-likeness (QED) is 0.662. The summed E-state index contributed by atoms with van der Waals surface area (Å²) >= 11 is 6.19. The monoisotopic (exact) mass is 292 g/mol. The van der Waals surface area contributed by atoms with Crippen molar-refractivity contribution >= 4 is 46.2 Å². The van der Waals surface area contributed by atoms with Gasteiger partial charge in [-0.25, -0.2) is 0 Å². The number of hydrogen-bond donors (Lipinski definition) is 2. The molecule has 21 heavy (non-hydrogen) atoms. The summed E-state index contributed by atoms with van der Waals surface area (Å²) in [7, 11) is 0. The van der Waals surface area contributed by atoms with Gasteiger partial charge in [-0.1, -0.05) is 47.5 Å². The van der Waals surface area contributed by atoms with Gasteiger partial charge in [0.05, 0.1) is 0 Å². The molecule has 4 heteroatoms. The fourth-order valence-electron chi connectivity index (χ4n) is 3.03. The molecule has 0 unspecified atom stereocenters. The lowest BCUT2D eigenvalue weighted by atomic mass is 9.66. The van der Waals surface area contributed by atoms with E-state index in [2.05, 4.69) is 59.8 Å². The number of benzene rings is 3. The van der Waals surface area contributed by atoms with Gasteiger partial charge >= 0.3 is 6.98 Å². The second-order valence-corrected chi connectivity index (χ2v) is 5.93. The van der Waals surface area contributed by atoms with Gasteiger partial charge in [-0.05, 0) is 42.0 Å². The molecule has 0 bridgehead atoms. The Balaban J connectivity index is 1.83. The lowest BCUT2D eigenvalue weighted by Gasteiger charge is -2.27. The molecule has 0 aromatic heterocycles. The summed E-state index contributed by atoms with van der Waals surface area (Å²) < 4.78 is 0. The zero-order valence-electron chi connectivity index (χ0n) is 11.7. The van der Waals surface area contributed by atoms with Crippen molar-refractivity contribution in [3.8, 4) is 0 Å². The standard InChI is InChI=1S/C17H14BClN2/c1-11-8-13(10-14(19)9-11)18-20-15-6-2-4-12-5-3-7-16(21-18)17(12)15/h2-10,20-21H,1H3. The Morgan fingerprint density at radius 2 is 1.57 bits per heavy atom. The summed E-state index contributed by atoms with van der Waals surface area (Å²) in [5.41, 5.74) is 4.62. The molecule has 3 aromatic rings. The van der Waals surface area contributed by atoms with Gasteiger partial charge in [0.15, 0.2) is 0 Å². The molecule has 0 radical (unpaired) electrons. The highest BCUT2D eigenvalue weighted by molar-refractivity contribution is 6.80. The van der Waals surface area contributed by atoms with Crippen molar-refractivity contribution in [3.63, 3.8) is 0 Å². The van der Waals surface area contributed by atoms with Crippen molar-refractivity contribution < 1.29 is 0 Å². The van der Waals surface area contributed by atoms with Crippen molar-refractivity contribution in [3.05, 3.63) is 65.2 Å². The third-order valence-corrected chi connectivity index (χ3v) is 4.12. The van der Waals surface area contributed by atoms with Crippen LogP contribution in [0.25, 0.3) is 10.8 Å². The van der Waals surface area contributed by atoms with Gasteiger partial charge in [0.1, 0.15) is 0 Å². The minimum absolute atomic E-state index is 0.0305. The molecule has 0 spiro atoms. The topological polar surface area (TPSA) is 24.1 Å². The second kappa shape index (κ2) is 4.71. The first kappa shape index (κ1) is 12.6. The Labute approximate surface area is 129 Å². The zero-order valence-corrected chi connectivity index (χ0v) is 12.4. The van der Waals surface area contributed by atoms with Crippen LogP contribution < -0.4 is 15.9 Å². The maximum atomic E-state index is 6.19. The number of anilines is 2. The van der Waals surface area contributed by atoms with Crippen molar-refractivity contribution in [1.29, 1.82) is 0 Å². The van der Waals surface area contributed by atoms with Gasteiger partial charge in [-0.3, -0.25) is 0 Å². The molecular weight excluding hydrogens is 278 g/mol. The highest BCUT2D eigenvalue weighted by Crippen LogP contribution is 2.33. The van der Waals surface area contributed by atoms with E-state index in [-0.39, 0.29) is 6.98 Å². The predicted molar refractivity (Wildman–Crippen MR) is 92.8 cm³/mol. The van der Waals surface area contributed by atoms with Crippen LogP contribution in [0.2, 0.25) is 5.02 Å². The smallest absolute Gasteiger partial charge is 0.405 e. The summed E-state index contributed by atoms with van der Waals surface area (Å²) in [6.45, 7) is 2.09. The van der Waals surface area contributed by atoms with Crippen LogP contribution in [0.5, 0.6) is 0 Å². The largest absolute Gasteiger partial charge is 0.406 e. The number of nitrogens with one attached hydrogen (secondary N) is 2. The predicted octanol–water partition coefficient (Wildman–Crippen LogP) is 4.03. The van der Waals surface area contributed by atoms with E-state index in [0.29, 0.717) is 0 Å². The van der Waals surface area contributed by atoms with Crippen LogP contribution >= 0.6 is 11.6 Å². The van der Waals surface area contributed by atoms with Crippen LogP contribution in [0.15, 0.2) is 54.6 Å². The van der Waals surface area contributed by atoms with E-state index in [0.717, 1.165) is 27.4 Å². The van der Waals surface area contributed by atoms with E-state index in [1.165, 1.54) is 10.8 Å². The van der Waals surface area contributed by atoms with Gasteiger partial charge in [-0.2, -0.15) is 0 Å². The molecule has 0 atom stereocenters. The fourth-order valence-corrected chi connectivity index (χ4v) is 3.32. The van der Waals surface area contributed by atoms with E-state index in [4.69, 9.17) is 11.6 Å². The molecule has 1 aliphatic heterocycles. The SMILES string of the molecule is Cc1cc(Cl)cc(B2Nc3cccc4cccc(c34)N2)c1. The molecule has 4 rings (SSSR count). The molecule has 0 saturated heterocycles. The Morgan fingerprint density at radius 1 is 0.905 bits per heavy atom. The van der Waals surface area contributed by atoms with Crippen LogP contribution in [-0.2, 0) is 0 Å². The summed E-state index contributed by atoms with van der Waals surface area (Å²) in [5.74, 6) is 0. The number of hydrogen-bond acceptors (Lipinski definition) is 2. The Bertz CT molecular complexity index is 786. The zero-order chi connectivity index (χ0) is 14.4. The molecule has 1 heterocycles. The highest BCUT2D eigenvalue weighted by Gasteiger charge is 2.25. The average molecular weight is 293 g/mol. The number of rotatable bonds is 1. The van der Waals surface area contributed by atoms with E-state index in [1.807, 2.05) is 12.1 Å². The fraction of sp³-hybridized carbons (Fsp3) is 0.0588. The van der Waals surface area contributed by atoms with Gasteiger partial charge in [0.25, 0.3) is 0 Å². The molecule has 0 fully saturated rings. The molecule has 3 aromatic carbocycles. The lowest BCUT2D eigenvalue weighted by Crippen LogP contribution is -2.47. The first-order valence-corrected chi connectivity index (χ1v) is 7.40. The van der Waals surface area contributed by atoms with Crippen LogP contribution in [0.3, 0.4) is 0 Å². The molecule has 2 nitrogen and oxygen atoms in total. The summed E-state index contributed by atoms with van der Waals surface area (Å²) in [6.07, 6.45) is 0. The molecule has 0 saturated carbocycles. The molecular formula is C17H14BClN2. The molecule has 0 amide bonds. The van der Waals surface area contributed by atoms with E-state index < -0.39 is 0 Å². The van der Waals surface area contributed by atoms with Gasteiger partial charge < -0.3 is 10.5 Å². The summed E-state index contributed by atoms with van der Waals surface area (Å²) in [6, 6.07) is 18.8. The van der Waals surface area contributed by atoms with Crippen LogP contribution in [0, 0.1) is 6.92 Å². The normalized spacial score (nSPS) is 13.0. The van der Waals surface area contributed by atoms with Crippen molar-refractivity contribution in [2.24, 2.45) is 0 Å². The third kappa shape index (κ3) is 2.14. The maximum absolute atomic E-state index is 6.19. The highest BCUT2D eigenvalue weighted by atomic mass is 35.5. The Kier molecular flexibility index (Phi) is 2.83. The Hall–Kier alpha value is -2.13. The first-order chi connectivity index (χ1) is 10.2. The minimum atomic E-state index is 0.0305. The maximum Gasteiger partial charge on any atom is 0.406 e. The van der Waals surface area contributed by atoms with E-state index >= 15 is 0 Å². The van der Waals surface area contributed by atoms with Gasteiger partial charge in [-0.15, -0.1) is 0 Å². The molecule has 102 valence electrons. The first-order valence-electron chi connectivity index (χ1n) is 7.03. The molecule has 1 aliphatic rings. The summed E-state index contributed by atoms with van der Waals surface area (Å²) in [5, 5.41) is 10.4. The van der Waals surface area contributed by atoms with Gasteiger partial charge in [0.2, 0.25) is 0 Å². The minimum Gasteiger partial charge on any atom is -0.405 e. The van der Waals surface area contributed by atoms with Crippen LogP contribution in [0.4, 0.5) is 11.4 Å². The second-order valence-electron chi connectivity index (χ2n) is 5.49. The van der Waals surface area contributed by atoms with Crippen LogP contribution in [-0.4, -0.2) is 6.98 Å². The van der Waals surface area contributed by atoms with E-state index in [9.17, 15) is 0 Å². The molecule has 2 N–H and O–H groups in total. The van der Waals surface area contributed by atoms with Crippen LogP contribution in [0.1, 0.15) is 5.56 Å². The lowest BCUT2D eigenvalue weighted by molar-refractivity contribution is 1.48. The van der Waals surface area contributed by atoms with E-state index in [1.54, 1.807) is 0 Å². The van der Waals surface area contributed by atoms with Crippen molar-refractivity contribution in [1.82, 2.24) is 0 Å². The number of halogens is 1. The van der Waals surface area contributed by atoms with Crippen molar-refractivity contribution in [2.75, 3.05) is 10.5 Å². The summed E-state index contributed by atoms with van der Waals surface area (Å²) in [4.78, 5) is 0.